The minimum absolute atomic E-state index is 0.0430. The highest BCUT2D eigenvalue weighted by molar-refractivity contribution is 5.73. The van der Waals surface area contributed by atoms with Crippen LogP contribution >= 0.6 is 0 Å². The summed E-state index contributed by atoms with van der Waals surface area (Å²) in [6.45, 7) is 3.84. The standard InChI is InChI=1S/C11H13NO3/c1-7(2)14-10-8-5-3-4-6-9(8)15-11(13)12-10/h3-7,10H,1-2H3,(H,12,13)/t10-/m0/s1. The number of hydrogen-bond donors (Lipinski definition) is 1. The van der Waals surface area contributed by atoms with Crippen LogP contribution in [0, 0.1) is 0 Å². The predicted molar refractivity (Wildman–Crippen MR) is 54.6 cm³/mol. The van der Waals surface area contributed by atoms with Crippen molar-refractivity contribution in [2.75, 3.05) is 0 Å². The Hall–Kier alpha value is -1.55. The highest BCUT2D eigenvalue weighted by Crippen LogP contribution is 2.30. The molecule has 0 saturated heterocycles. The molecule has 0 saturated carbocycles. The van der Waals surface area contributed by atoms with Crippen molar-refractivity contribution in [1.29, 1.82) is 0 Å². The molecule has 80 valence electrons. The second kappa shape index (κ2) is 3.90. The van der Waals surface area contributed by atoms with E-state index in [2.05, 4.69) is 5.32 Å². The monoisotopic (exact) mass is 207 g/mol. The first-order valence-corrected chi connectivity index (χ1v) is 4.89. The van der Waals surface area contributed by atoms with Gasteiger partial charge in [0.15, 0.2) is 6.23 Å². The van der Waals surface area contributed by atoms with Gasteiger partial charge in [0.05, 0.1) is 6.10 Å². The smallest absolute Gasteiger partial charge is 0.410 e. The summed E-state index contributed by atoms with van der Waals surface area (Å²) in [5.41, 5.74) is 0.853. The summed E-state index contributed by atoms with van der Waals surface area (Å²) in [6, 6.07) is 7.34. The Bertz CT molecular complexity index is 376. The molecule has 1 aromatic rings. The van der Waals surface area contributed by atoms with E-state index in [1.54, 1.807) is 6.07 Å². The molecule has 1 atom stereocenters. The number of ether oxygens (including phenoxy) is 2. The second-order valence-corrected chi connectivity index (χ2v) is 3.64. The van der Waals surface area contributed by atoms with E-state index in [0.29, 0.717) is 5.75 Å². The molecule has 4 nitrogen and oxygen atoms in total. The molecule has 1 aliphatic rings. The summed E-state index contributed by atoms with van der Waals surface area (Å²) in [6.07, 6.45) is -0.844. The van der Waals surface area contributed by atoms with Crippen molar-refractivity contribution in [3.05, 3.63) is 29.8 Å². The topological polar surface area (TPSA) is 47.6 Å². The molecule has 0 radical (unpaired) electrons. The zero-order valence-electron chi connectivity index (χ0n) is 8.69. The lowest BCUT2D eigenvalue weighted by Gasteiger charge is -2.27. The summed E-state index contributed by atoms with van der Waals surface area (Å²) in [4.78, 5) is 11.2. The van der Waals surface area contributed by atoms with Crippen LogP contribution in [0.5, 0.6) is 5.75 Å². The normalized spacial score (nSPS) is 19.4. The summed E-state index contributed by atoms with van der Waals surface area (Å²) in [5, 5.41) is 2.62. The van der Waals surface area contributed by atoms with E-state index in [-0.39, 0.29) is 6.10 Å². The van der Waals surface area contributed by atoms with Crippen LogP contribution in [0.15, 0.2) is 24.3 Å². The number of benzene rings is 1. The van der Waals surface area contributed by atoms with Gasteiger partial charge in [0.25, 0.3) is 0 Å². The fourth-order valence-electron chi connectivity index (χ4n) is 1.48. The van der Waals surface area contributed by atoms with E-state index in [9.17, 15) is 4.79 Å². The third-order valence-electron chi connectivity index (χ3n) is 2.06. The van der Waals surface area contributed by atoms with Crippen molar-refractivity contribution in [1.82, 2.24) is 5.32 Å². The van der Waals surface area contributed by atoms with Crippen molar-refractivity contribution in [2.45, 2.75) is 26.2 Å². The molecular weight excluding hydrogens is 194 g/mol. The summed E-state index contributed by atoms with van der Waals surface area (Å²) in [5.74, 6) is 0.562. The van der Waals surface area contributed by atoms with Gasteiger partial charge in [-0.2, -0.15) is 0 Å². The largest absolute Gasteiger partial charge is 0.414 e. The van der Waals surface area contributed by atoms with Gasteiger partial charge in [-0.15, -0.1) is 0 Å². The summed E-state index contributed by atoms with van der Waals surface area (Å²) < 4.78 is 10.6. The average Bonchev–Trinajstić information content (AvgIpc) is 2.16. The summed E-state index contributed by atoms with van der Waals surface area (Å²) in [7, 11) is 0. The highest BCUT2D eigenvalue weighted by atomic mass is 16.6. The van der Waals surface area contributed by atoms with Crippen molar-refractivity contribution < 1.29 is 14.3 Å². The number of hydrogen-bond acceptors (Lipinski definition) is 3. The van der Waals surface area contributed by atoms with E-state index in [4.69, 9.17) is 9.47 Å². The van der Waals surface area contributed by atoms with Crippen LogP contribution in [0.25, 0.3) is 0 Å². The minimum atomic E-state index is -0.473. The predicted octanol–water partition coefficient (Wildman–Crippen LogP) is 2.21. The zero-order valence-corrected chi connectivity index (χ0v) is 8.69. The first-order valence-electron chi connectivity index (χ1n) is 4.89. The Labute approximate surface area is 88.2 Å². The Morgan fingerprint density at radius 1 is 1.40 bits per heavy atom. The molecular formula is C11H13NO3. The van der Waals surface area contributed by atoms with Crippen LogP contribution < -0.4 is 10.1 Å². The fourth-order valence-corrected chi connectivity index (χ4v) is 1.48. The number of fused-ring (bicyclic) bond motifs is 1. The van der Waals surface area contributed by atoms with Gasteiger partial charge in [-0.1, -0.05) is 18.2 Å². The molecule has 1 N–H and O–H groups in total. The van der Waals surface area contributed by atoms with Gasteiger partial charge in [-0.3, -0.25) is 5.32 Å². The fraction of sp³-hybridized carbons (Fsp3) is 0.364. The van der Waals surface area contributed by atoms with E-state index in [1.807, 2.05) is 32.0 Å². The Balaban J connectivity index is 2.30. The van der Waals surface area contributed by atoms with E-state index in [0.717, 1.165) is 5.56 Å². The third kappa shape index (κ3) is 2.10. The molecule has 1 aliphatic heterocycles. The lowest BCUT2D eigenvalue weighted by molar-refractivity contribution is -0.0165. The van der Waals surface area contributed by atoms with Gasteiger partial charge in [-0.05, 0) is 19.9 Å². The van der Waals surface area contributed by atoms with Crippen molar-refractivity contribution in [3.63, 3.8) is 0 Å². The van der Waals surface area contributed by atoms with Crippen LogP contribution in [0.1, 0.15) is 25.6 Å². The maximum atomic E-state index is 11.2. The SMILES string of the molecule is CC(C)O[C@@H]1NC(=O)Oc2ccccc21. The Kier molecular flexibility index (Phi) is 2.60. The van der Waals surface area contributed by atoms with Crippen molar-refractivity contribution >= 4 is 6.09 Å². The third-order valence-corrected chi connectivity index (χ3v) is 2.06. The van der Waals surface area contributed by atoms with Crippen LogP contribution in [-0.2, 0) is 4.74 Å². The maximum Gasteiger partial charge on any atom is 0.414 e. The molecule has 1 amide bonds. The Morgan fingerprint density at radius 2 is 2.13 bits per heavy atom. The zero-order chi connectivity index (χ0) is 10.8. The molecule has 0 spiro atoms. The minimum Gasteiger partial charge on any atom is -0.410 e. The lowest BCUT2D eigenvalue weighted by Crippen LogP contribution is -2.38. The second-order valence-electron chi connectivity index (χ2n) is 3.64. The van der Waals surface area contributed by atoms with Gasteiger partial charge in [0, 0.05) is 5.56 Å². The molecule has 1 heterocycles. The first-order chi connectivity index (χ1) is 7.16. The van der Waals surface area contributed by atoms with Gasteiger partial charge in [0.1, 0.15) is 5.75 Å². The lowest BCUT2D eigenvalue weighted by atomic mass is 10.1. The molecule has 0 aromatic heterocycles. The van der Waals surface area contributed by atoms with Crippen LogP contribution in [0.2, 0.25) is 0 Å². The molecule has 0 unspecified atom stereocenters. The maximum absolute atomic E-state index is 11.2. The summed E-state index contributed by atoms with van der Waals surface area (Å²) >= 11 is 0. The van der Waals surface area contributed by atoms with E-state index < -0.39 is 12.3 Å². The number of rotatable bonds is 2. The van der Waals surface area contributed by atoms with Gasteiger partial charge in [0.2, 0.25) is 0 Å². The number of amides is 1. The molecule has 15 heavy (non-hydrogen) atoms. The van der Waals surface area contributed by atoms with Crippen molar-refractivity contribution in [2.24, 2.45) is 0 Å². The van der Waals surface area contributed by atoms with Gasteiger partial charge in [-0.25, -0.2) is 4.79 Å². The van der Waals surface area contributed by atoms with Crippen LogP contribution in [0.3, 0.4) is 0 Å². The number of carbonyl (C=O) groups is 1. The van der Waals surface area contributed by atoms with E-state index in [1.165, 1.54) is 0 Å². The number of para-hydroxylation sites is 1. The Morgan fingerprint density at radius 3 is 2.87 bits per heavy atom. The van der Waals surface area contributed by atoms with E-state index >= 15 is 0 Å². The number of nitrogens with one attached hydrogen (secondary N) is 1. The van der Waals surface area contributed by atoms with Crippen molar-refractivity contribution in [3.8, 4) is 5.75 Å². The molecule has 0 fully saturated rings. The van der Waals surface area contributed by atoms with Gasteiger partial charge < -0.3 is 9.47 Å². The molecule has 2 rings (SSSR count). The van der Waals surface area contributed by atoms with Crippen LogP contribution in [0.4, 0.5) is 4.79 Å². The average molecular weight is 207 g/mol. The molecule has 0 aliphatic carbocycles. The quantitative estimate of drug-likeness (QED) is 0.808. The van der Waals surface area contributed by atoms with Crippen LogP contribution in [-0.4, -0.2) is 12.2 Å². The van der Waals surface area contributed by atoms with Gasteiger partial charge >= 0.3 is 6.09 Å². The molecule has 0 bridgehead atoms. The first kappa shape index (κ1) is 9.98. The molecule has 1 aromatic carbocycles. The molecule has 4 heteroatoms. The highest BCUT2D eigenvalue weighted by Gasteiger charge is 2.26. The number of carbonyl (C=O) groups excluding carboxylic acids is 1.